The fourth-order valence-corrected chi connectivity index (χ4v) is 4.89. The summed E-state index contributed by atoms with van der Waals surface area (Å²) in [6, 6.07) is 12.9. The van der Waals surface area contributed by atoms with E-state index in [-0.39, 0.29) is 17.7 Å². The number of hydrogen-bond acceptors (Lipinski definition) is 4. The third kappa shape index (κ3) is 4.97. The number of rotatable bonds is 4. The lowest BCUT2D eigenvalue weighted by Gasteiger charge is -2.39. The van der Waals surface area contributed by atoms with Crippen LogP contribution in [-0.2, 0) is 4.79 Å². The Kier molecular flexibility index (Phi) is 7.11. The van der Waals surface area contributed by atoms with Crippen molar-refractivity contribution in [2.24, 2.45) is 5.92 Å². The molecule has 2 saturated heterocycles. The summed E-state index contributed by atoms with van der Waals surface area (Å²) in [5.74, 6) is 0.902. The number of hydrogen-bond donors (Lipinski definition) is 0. The summed E-state index contributed by atoms with van der Waals surface area (Å²) >= 11 is 12.1. The second kappa shape index (κ2) is 10.0. The van der Waals surface area contributed by atoms with Gasteiger partial charge in [0.05, 0.1) is 17.7 Å². The number of ether oxygens (including phenoxy) is 1. The first kappa shape index (κ1) is 22.7. The molecule has 2 aliphatic rings. The summed E-state index contributed by atoms with van der Waals surface area (Å²) in [6.45, 7) is 4.16. The van der Waals surface area contributed by atoms with Crippen LogP contribution in [0.5, 0.6) is 5.75 Å². The minimum Gasteiger partial charge on any atom is -0.497 e. The molecule has 0 atom stereocenters. The quantitative estimate of drug-likeness (QED) is 0.664. The Morgan fingerprint density at radius 2 is 1.53 bits per heavy atom. The summed E-state index contributed by atoms with van der Waals surface area (Å²) in [5.41, 5.74) is 1.60. The Hall–Kier alpha value is -2.44. The second-order valence-electron chi connectivity index (χ2n) is 8.20. The number of methoxy groups -OCH3 is 1. The monoisotopic (exact) mass is 475 g/mol. The first-order valence-electron chi connectivity index (χ1n) is 10.9. The Morgan fingerprint density at radius 3 is 2.12 bits per heavy atom. The number of nitrogens with zero attached hydrogens (tertiary/aromatic N) is 3. The molecule has 0 bridgehead atoms. The van der Waals surface area contributed by atoms with E-state index in [9.17, 15) is 9.59 Å². The molecule has 6 nitrogen and oxygen atoms in total. The van der Waals surface area contributed by atoms with E-state index < -0.39 is 0 Å². The van der Waals surface area contributed by atoms with Crippen LogP contribution >= 0.6 is 23.2 Å². The van der Waals surface area contributed by atoms with E-state index in [0.717, 1.165) is 24.5 Å². The predicted octanol–water partition coefficient (Wildman–Crippen LogP) is 4.20. The summed E-state index contributed by atoms with van der Waals surface area (Å²) in [6.07, 6.45) is 1.35. The third-order valence-corrected chi connectivity index (χ3v) is 6.87. The molecule has 4 rings (SSSR count). The van der Waals surface area contributed by atoms with Crippen molar-refractivity contribution >= 4 is 40.7 Å². The minimum atomic E-state index is -0.106. The van der Waals surface area contributed by atoms with Gasteiger partial charge in [-0.3, -0.25) is 9.59 Å². The molecule has 2 aromatic carbocycles. The number of anilines is 1. The fraction of sp³-hybridized carbons (Fsp3) is 0.417. The molecule has 2 heterocycles. The van der Waals surface area contributed by atoms with Crippen molar-refractivity contribution in [3.63, 3.8) is 0 Å². The number of halogens is 2. The van der Waals surface area contributed by atoms with Crippen molar-refractivity contribution in [1.29, 1.82) is 0 Å². The molecule has 2 fully saturated rings. The molecule has 2 aromatic rings. The smallest absolute Gasteiger partial charge is 0.255 e. The maximum atomic E-state index is 13.1. The zero-order valence-corrected chi connectivity index (χ0v) is 19.6. The van der Waals surface area contributed by atoms with Gasteiger partial charge < -0.3 is 19.4 Å². The van der Waals surface area contributed by atoms with E-state index in [1.54, 1.807) is 30.2 Å². The number of piperazine rings is 1. The molecular formula is C24H27Cl2N3O3. The van der Waals surface area contributed by atoms with Crippen LogP contribution in [0.2, 0.25) is 10.0 Å². The van der Waals surface area contributed by atoms with Crippen molar-refractivity contribution < 1.29 is 14.3 Å². The zero-order chi connectivity index (χ0) is 22.7. The van der Waals surface area contributed by atoms with Gasteiger partial charge in [0.1, 0.15) is 5.75 Å². The molecule has 2 amide bonds. The van der Waals surface area contributed by atoms with Gasteiger partial charge in [0.15, 0.2) is 0 Å². The van der Waals surface area contributed by atoms with Crippen LogP contribution in [0, 0.1) is 5.92 Å². The lowest BCUT2D eigenvalue weighted by molar-refractivity contribution is -0.137. The molecule has 0 aromatic heterocycles. The van der Waals surface area contributed by atoms with E-state index >= 15 is 0 Å². The molecule has 0 radical (unpaired) electrons. The first-order chi connectivity index (χ1) is 15.5. The van der Waals surface area contributed by atoms with Gasteiger partial charge in [-0.1, -0.05) is 23.2 Å². The number of amides is 2. The van der Waals surface area contributed by atoms with Crippen molar-refractivity contribution in [3.05, 3.63) is 58.1 Å². The summed E-state index contributed by atoms with van der Waals surface area (Å²) < 4.78 is 5.22. The van der Waals surface area contributed by atoms with Gasteiger partial charge in [-0.15, -0.1) is 0 Å². The molecule has 0 spiro atoms. The van der Waals surface area contributed by atoms with Crippen LogP contribution in [-0.4, -0.2) is 68.0 Å². The maximum absolute atomic E-state index is 13.1. The van der Waals surface area contributed by atoms with Crippen molar-refractivity contribution in [1.82, 2.24) is 9.80 Å². The Bertz CT molecular complexity index is 967. The SMILES string of the molecule is COc1ccc(N2CCN(C(=O)C3CCN(C(=O)c4ccc(Cl)cc4Cl)CC3)CC2)cc1. The van der Waals surface area contributed by atoms with E-state index in [2.05, 4.69) is 17.0 Å². The van der Waals surface area contributed by atoms with E-state index in [1.165, 1.54) is 0 Å². The largest absolute Gasteiger partial charge is 0.497 e. The summed E-state index contributed by atoms with van der Waals surface area (Å²) in [5, 5.41) is 0.860. The maximum Gasteiger partial charge on any atom is 0.255 e. The normalized spacial score (nSPS) is 17.4. The molecule has 0 aliphatic carbocycles. The fourth-order valence-electron chi connectivity index (χ4n) is 4.40. The van der Waals surface area contributed by atoms with E-state index in [4.69, 9.17) is 27.9 Å². The Balaban J connectivity index is 1.28. The number of carbonyl (C=O) groups excluding carboxylic acids is 2. The average Bonchev–Trinajstić information content (AvgIpc) is 2.83. The topological polar surface area (TPSA) is 53.1 Å². The van der Waals surface area contributed by atoms with Crippen LogP contribution in [0.15, 0.2) is 42.5 Å². The average molecular weight is 476 g/mol. The van der Waals surface area contributed by atoms with Crippen LogP contribution in [0.1, 0.15) is 23.2 Å². The molecule has 32 heavy (non-hydrogen) atoms. The highest BCUT2D eigenvalue weighted by molar-refractivity contribution is 6.36. The van der Waals surface area contributed by atoms with Gasteiger partial charge in [0.2, 0.25) is 5.91 Å². The highest BCUT2D eigenvalue weighted by atomic mass is 35.5. The van der Waals surface area contributed by atoms with Gasteiger partial charge in [-0.25, -0.2) is 0 Å². The van der Waals surface area contributed by atoms with Crippen molar-refractivity contribution in [2.45, 2.75) is 12.8 Å². The number of piperidine rings is 1. The lowest BCUT2D eigenvalue weighted by atomic mass is 9.94. The number of likely N-dealkylation sites (tertiary alicyclic amines) is 1. The molecule has 0 N–H and O–H groups in total. The first-order valence-corrected chi connectivity index (χ1v) is 11.6. The van der Waals surface area contributed by atoms with Crippen LogP contribution < -0.4 is 9.64 Å². The Labute approximate surface area is 198 Å². The predicted molar refractivity (Wildman–Crippen MR) is 127 cm³/mol. The van der Waals surface area contributed by atoms with Crippen LogP contribution in [0.25, 0.3) is 0 Å². The van der Waals surface area contributed by atoms with Gasteiger partial charge in [0, 0.05) is 55.9 Å². The van der Waals surface area contributed by atoms with Crippen molar-refractivity contribution in [3.8, 4) is 5.75 Å². The summed E-state index contributed by atoms with van der Waals surface area (Å²) in [7, 11) is 1.66. The number of carbonyl (C=O) groups is 2. The molecular weight excluding hydrogens is 449 g/mol. The number of benzene rings is 2. The van der Waals surface area contributed by atoms with Crippen LogP contribution in [0.3, 0.4) is 0 Å². The minimum absolute atomic E-state index is 0.0349. The molecule has 170 valence electrons. The van der Waals surface area contributed by atoms with E-state index in [1.807, 2.05) is 17.0 Å². The van der Waals surface area contributed by atoms with Gasteiger partial charge in [-0.2, -0.15) is 0 Å². The third-order valence-electron chi connectivity index (χ3n) is 6.32. The van der Waals surface area contributed by atoms with E-state index in [0.29, 0.717) is 54.6 Å². The van der Waals surface area contributed by atoms with Crippen LogP contribution in [0.4, 0.5) is 5.69 Å². The highest BCUT2D eigenvalue weighted by Gasteiger charge is 2.32. The van der Waals surface area contributed by atoms with Gasteiger partial charge in [-0.05, 0) is 55.3 Å². The summed E-state index contributed by atoms with van der Waals surface area (Å²) in [4.78, 5) is 31.9. The van der Waals surface area contributed by atoms with Gasteiger partial charge in [0.25, 0.3) is 5.91 Å². The highest BCUT2D eigenvalue weighted by Crippen LogP contribution is 2.27. The molecule has 8 heteroatoms. The second-order valence-corrected chi connectivity index (χ2v) is 9.04. The molecule has 0 saturated carbocycles. The van der Waals surface area contributed by atoms with Gasteiger partial charge >= 0.3 is 0 Å². The zero-order valence-electron chi connectivity index (χ0n) is 18.1. The standard InChI is InChI=1S/C24H27Cl2N3O3/c1-32-20-5-3-19(4-6-20)27-12-14-29(15-13-27)23(30)17-8-10-28(11-9-17)24(31)21-7-2-18(25)16-22(21)26/h2-7,16-17H,8-15H2,1H3. The lowest BCUT2D eigenvalue weighted by Crippen LogP contribution is -2.52. The molecule has 0 unspecified atom stereocenters. The Morgan fingerprint density at radius 1 is 0.875 bits per heavy atom. The van der Waals surface area contributed by atoms with Crippen molar-refractivity contribution in [2.75, 3.05) is 51.3 Å². The molecule has 2 aliphatic heterocycles.